The van der Waals surface area contributed by atoms with Crippen LogP contribution in [0, 0.1) is 0 Å². The van der Waals surface area contributed by atoms with Gasteiger partial charge in [0, 0.05) is 11.3 Å². The maximum absolute atomic E-state index is 11.4. The van der Waals surface area contributed by atoms with Crippen molar-refractivity contribution in [2.45, 2.75) is 38.7 Å². The molecule has 0 radical (unpaired) electrons. The zero-order valence-corrected chi connectivity index (χ0v) is 14.0. The van der Waals surface area contributed by atoms with Gasteiger partial charge in [-0.05, 0) is 24.3 Å². The fourth-order valence-electron chi connectivity index (χ4n) is 1.94. The van der Waals surface area contributed by atoms with E-state index in [4.69, 9.17) is 9.84 Å². The van der Waals surface area contributed by atoms with E-state index in [9.17, 15) is 9.90 Å². The Hall–Kier alpha value is -1.04. The van der Waals surface area contributed by atoms with Crippen LogP contribution in [0.15, 0.2) is 24.3 Å². The quantitative estimate of drug-likeness (QED) is 0.457. The van der Waals surface area contributed by atoms with Crippen molar-refractivity contribution in [2.75, 3.05) is 24.7 Å². The summed E-state index contributed by atoms with van der Waals surface area (Å²) in [5.41, 5.74) is 0.416. The molecule has 0 aliphatic carbocycles. The van der Waals surface area contributed by atoms with Gasteiger partial charge in [-0.2, -0.15) is 11.8 Å². The Morgan fingerprint density at radius 2 is 2.14 bits per heavy atom. The van der Waals surface area contributed by atoms with E-state index < -0.39 is 12.7 Å². The zero-order valence-electron chi connectivity index (χ0n) is 13.2. The second-order valence-electron chi connectivity index (χ2n) is 5.21. The van der Waals surface area contributed by atoms with Gasteiger partial charge in [-0.15, -0.1) is 0 Å². The van der Waals surface area contributed by atoms with Crippen LogP contribution in [0.25, 0.3) is 0 Å². The molecule has 1 aromatic carbocycles. The van der Waals surface area contributed by atoms with Crippen LogP contribution in [0.2, 0.25) is 0 Å². The van der Waals surface area contributed by atoms with Gasteiger partial charge in [0.1, 0.15) is 19.0 Å². The lowest BCUT2D eigenvalue weighted by Crippen LogP contribution is -2.20. The predicted molar refractivity (Wildman–Crippen MR) is 90.8 cm³/mol. The highest BCUT2D eigenvalue weighted by Crippen LogP contribution is 2.15. The predicted octanol–water partition coefficient (Wildman–Crippen LogP) is 2.91. The first-order chi connectivity index (χ1) is 10.7. The first-order valence-electron chi connectivity index (χ1n) is 7.80. The van der Waals surface area contributed by atoms with Crippen LogP contribution in [0.3, 0.4) is 0 Å². The van der Waals surface area contributed by atoms with Gasteiger partial charge in [0.15, 0.2) is 5.78 Å². The number of carbonyl (C=O) groups excluding carboxylic acids is 1. The first-order valence-corrected chi connectivity index (χ1v) is 8.95. The average molecular weight is 326 g/mol. The summed E-state index contributed by atoms with van der Waals surface area (Å²) in [5.74, 6) is 1.92. The SMILES string of the molecule is CCCCCCSCC(O)COc1cccc(C(=O)CO)c1. The van der Waals surface area contributed by atoms with E-state index in [2.05, 4.69) is 6.92 Å². The van der Waals surface area contributed by atoms with Crippen molar-refractivity contribution >= 4 is 17.5 Å². The molecule has 0 saturated carbocycles. The van der Waals surface area contributed by atoms with Crippen LogP contribution in [0.4, 0.5) is 0 Å². The summed E-state index contributed by atoms with van der Waals surface area (Å²) in [6.45, 7) is 1.89. The molecule has 1 rings (SSSR count). The van der Waals surface area contributed by atoms with Gasteiger partial charge in [-0.1, -0.05) is 38.3 Å². The zero-order chi connectivity index (χ0) is 16.2. The Kier molecular flexibility index (Phi) is 9.95. The van der Waals surface area contributed by atoms with E-state index in [0.717, 1.165) is 5.75 Å². The Labute approximate surface area is 136 Å². The fourth-order valence-corrected chi connectivity index (χ4v) is 2.88. The average Bonchev–Trinajstić information content (AvgIpc) is 2.55. The first kappa shape index (κ1) is 19.0. The van der Waals surface area contributed by atoms with Crippen LogP contribution >= 0.6 is 11.8 Å². The van der Waals surface area contributed by atoms with Gasteiger partial charge in [0.2, 0.25) is 0 Å². The van der Waals surface area contributed by atoms with E-state index >= 15 is 0 Å². The van der Waals surface area contributed by atoms with E-state index in [-0.39, 0.29) is 12.4 Å². The molecule has 0 aliphatic heterocycles. The minimum absolute atomic E-state index is 0.207. The molecule has 1 aromatic rings. The topological polar surface area (TPSA) is 66.8 Å². The maximum Gasteiger partial charge on any atom is 0.188 e. The van der Waals surface area contributed by atoms with Crippen LogP contribution in [-0.2, 0) is 0 Å². The van der Waals surface area contributed by atoms with Gasteiger partial charge in [-0.25, -0.2) is 0 Å². The number of unbranched alkanes of at least 4 members (excludes halogenated alkanes) is 3. The fraction of sp³-hybridized carbons (Fsp3) is 0.588. The van der Waals surface area contributed by atoms with Crippen molar-refractivity contribution in [3.05, 3.63) is 29.8 Å². The molecule has 0 fully saturated rings. The molecule has 1 atom stereocenters. The Morgan fingerprint density at radius 1 is 1.32 bits per heavy atom. The molecule has 0 bridgehead atoms. The second kappa shape index (κ2) is 11.5. The van der Waals surface area contributed by atoms with Gasteiger partial charge in [0.25, 0.3) is 0 Å². The van der Waals surface area contributed by atoms with E-state index in [1.165, 1.54) is 25.7 Å². The number of ether oxygens (including phenoxy) is 1. The largest absolute Gasteiger partial charge is 0.491 e. The maximum atomic E-state index is 11.4. The summed E-state index contributed by atoms with van der Waals surface area (Å²) in [6.07, 6.45) is 4.43. The normalized spacial score (nSPS) is 12.1. The van der Waals surface area contributed by atoms with E-state index in [1.807, 2.05) is 0 Å². The lowest BCUT2D eigenvalue weighted by Gasteiger charge is -2.12. The summed E-state index contributed by atoms with van der Waals surface area (Å²) in [7, 11) is 0. The molecule has 124 valence electrons. The molecule has 1 unspecified atom stereocenters. The number of ketones is 1. The molecular weight excluding hydrogens is 300 g/mol. The standard InChI is InChI=1S/C17H26O4S/c1-2-3-4-5-9-22-13-15(19)12-21-16-8-6-7-14(10-16)17(20)11-18/h6-8,10,15,18-19H,2-5,9,11-13H2,1H3. The van der Waals surface area contributed by atoms with Crippen molar-refractivity contribution in [3.63, 3.8) is 0 Å². The van der Waals surface area contributed by atoms with Crippen molar-refractivity contribution in [2.24, 2.45) is 0 Å². The third-order valence-electron chi connectivity index (χ3n) is 3.19. The number of carbonyl (C=O) groups is 1. The van der Waals surface area contributed by atoms with Gasteiger partial charge >= 0.3 is 0 Å². The highest BCUT2D eigenvalue weighted by molar-refractivity contribution is 7.99. The van der Waals surface area contributed by atoms with Crippen LogP contribution in [0.5, 0.6) is 5.75 Å². The molecule has 22 heavy (non-hydrogen) atoms. The highest BCUT2D eigenvalue weighted by Gasteiger charge is 2.08. The van der Waals surface area contributed by atoms with Crippen molar-refractivity contribution in [1.82, 2.24) is 0 Å². The molecule has 0 amide bonds. The summed E-state index contributed by atoms with van der Waals surface area (Å²) in [6, 6.07) is 6.66. The molecule has 0 spiro atoms. The number of aliphatic hydroxyl groups is 2. The van der Waals surface area contributed by atoms with E-state index in [1.54, 1.807) is 36.0 Å². The number of thioether (sulfide) groups is 1. The minimum Gasteiger partial charge on any atom is -0.491 e. The van der Waals surface area contributed by atoms with Crippen LogP contribution in [0.1, 0.15) is 43.0 Å². The lowest BCUT2D eigenvalue weighted by atomic mass is 10.1. The third-order valence-corrected chi connectivity index (χ3v) is 4.39. The number of hydrogen-bond donors (Lipinski definition) is 2. The minimum atomic E-state index is -0.520. The van der Waals surface area contributed by atoms with Crippen LogP contribution in [-0.4, -0.2) is 46.8 Å². The number of Topliss-reactive ketones (excluding diaryl/α,β-unsaturated/α-hetero) is 1. The molecule has 5 heteroatoms. The number of hydrogen-bond acceptors (Lipinski definition) is 5. The monoisotopic (exact) mass is 326 g/mol. The smallest absolute Gasteiger partial charge is 0.188 e. The molecule has 0 saturated heterocycles. The highest BCUT2D eigenvalue weighted by atomic mass is 32.2. The molecule has 4 nitrogen and oxygen atoms in total. The Morgan fingerprint density at radius 3 is 2.86 bits per heavy atom. The summed E-state index contributed by atoms with van der Waals surface area (Å²) < 4.78 is 5.50. The number of benzene rings is 1. The molecular formula is C17H26O4S. The van der Waals surface area contributed by atoms with Gasteiger partial charge < -0.3 is 14.9 Å². The molecule has 0 heterocycles. The van der Waals surface area contributed by atoms with E-state index in [0.29, 0.717) is 17.1 Å². The summed E-state index contributed by atoms with van der Waals surface area (Å²) in [4.78, 5) is 11.4. The number of rotatable bonds is 12. The molecule has 2 N–H and O–H groups in total. The third kappa shape index (κ3) is 7.82. The van der Waals surface area contributed by atoms with Crippen LogP contribution < -0.4 is 4.74 Å². The van der Waals surface area contributed by atoms with Gasteiger partial charge in [0.05, 0.1) is 6.10 Å². The number of aliphatic hydroxyl groups excluding tert-OH is 2. The molecule has 0 aliphatic rings. The molecule has 0 aromatic heterocycles. The van der Waals surface area contributed by atoms with Gasteiger partial charge in [-0.3, -0.25) is 4.79 Å². The summed E-state index contributed by atoms with van der Waals surface area (Å²) >= 11 is 1.74. The van der Waals surface area contributed by atoms with Crippen molar-refractivity contribution in [3.8, 4) is 5.75 Å². The Bertz CT molecular complexity index is 436. The van der Waals surface area contributed by atoms with Crippen molar-refractivity contribution < 1.29 is 19.7 Å². The Balaban J connectivity index is 2.23. The van der Waals surface area contributed by atoms with Crippen molar-refractivity contribution in [1.29, 1.82) is 0 Å². The lowest BCUT2D eigenvalue weighted by molar-refractivity contribution is 0.0903. The second-order valence-corrected chi connectivity index (χ2v) is 6.36. The summed E-state index contributed by atoms with van der Waals surface area (Å²) in [5, 5.41) is 18.7.